The van der Waals surface area contributed by atoms with Crippen LogP contribution in [-0.4, -0.2) is 25.6 Å². The number of nitrogens with one attached hydrogen (secondary N) is 1. The Balaban J connectivity index is 1.87. The Morgan fingerprint density at radius 3 is 2.32 bits per heavy atom. The zero-order valence-electron chi connectivity index (χ0n) is 15.0. The second-order valence-electron chi connectivity index (χ2n) is 5.94. The smallest absolute Gasteiger partial charge is 0.337 e. The Morgan fingerprint density at radius 2 is 1.72 bits per heavy atom. The van der Waals surface area contributed by atoms with Crippen molar-refractivity contribution in [2.45, 2.75) is 26.8 Å². The van der Waals surface area contributed by atoms with E-state index in [-0.39, 0.29) is 18.6 Å². The quantitative estimate of drug-likeness (QED) is 0.819. The van der Waals surface area contributed by atoms with Gasteiger partial charge >= 0.3 is 5.97 Å². The van der Waals surface area contributed by atoms with E-state index >= 15 is 0 Å². The molecule has 25 heavy (non-hydrogen) atoms. The fourth-order valence-electron chi connectivity index (χ4n) is 2.35. The zero-order chi connectivity index (χ0) is 18.4. The van der Waals surface area contributed by atoms with Crippen molar-refractivity contribution in [3.8, 4) is 5.75 Å². The van der Waals surface area contributed by atoms with Gasteiger partial charge in [0.25, 0.3) is 5.91 Å². The third-order valence-corrected chi connectivity index (χ3v) is 4.05. The molecule has 5 nitrogen and oxygen atoms in total. The lowest BCUT2D eigenvalue weighted by atomic mass is 10.0. The molecule has 0 spiro atoms. The molecule has 2 aromatic carbocycles. The monoisotopic (exact) mass is 341 g/mol. The molecule has 0 saturated heterocycles. The summed E-state index contributed by atoms with van der Waals surface area (Å²) in [6.07, 6.45) is 0. The number of aryl methyl sites for hydroxylation is 2. The second-order valence-corrected chi connectivity index (χ2v) is 5.94. The summed E-state index contributed by atoms with van der Waals surface area (Å²) in [6.45, 7) is 5.95. The fourth-order valence-corrected chi connectivity index (χ4v) is 2.35. The van der Waals surface area contributed by atoms with E-state index in [0.717, 1.165) is 5.56 Å². The first-order valence-electron chi connectivity index (χ1n) is 8.08. The van der Waals surface area contributed by atoms with Gasteiger partial charge in [0.2, 0.25) is 0 Å². The van der Waals surface area contributed by atoms with Crippen molar-refractivity contribution in [1.82, 2.24) is 5.32 Å². The number of rotatable bonds is 6. The molecule has 132 valence electrons. The summed E-state index contributed by atoms with van der Waals surface area (Å²) in [5, 5.41) is 2.91. The first kappa shape index (κ1) is 18.5. The van der Waals surface area contributed by atoms with E-state index < -0.39 is 5.97 Å². The summed E-state index contributed by atoms with van der Waals surface area (Å²) in [5.41, 5.74) is 3.91. The lowest BCUT2D eigenvalue weighted by Gasteiger charge is -2.16. The van der Waals surface area contributed by atoms with Crippen LogP contribution in [0.15, 0.2) is 42.5 Å². The Kier molecular flexibility index (Phi) is 6.17. The lowest BCUT2D eigenvalue weighted by Crippen LogP contribution is -2.31. The molecule has 0 saturated carbocycles. The molecular weight excluding hydrogens is 318 g/mol. The van der Waals surface area contributed by atoms with E-state index in [1.54, 1.807) is 24.3 Å². The van der Waals surface area contributed by atoms with Gasteiger partial charge in [-0.25, -0.2) is 4.79 Å². The Bertz CT molecular complexity index is 753. The number of hydrogen-bond donors (Lipinski definition) is 1. The SMILES string of the molecule is COC(=O)c1ccc(OCC(=O)NC(C)c2ccc(C)c(C)c2)cc1. The minimum Gasteiger partial charge on any atom is -0.484 e. The highest BCUT2D eigenvalue weighted by Gasteiger charge is 2.11. The van der Waals surface area contributed by atoms with Crippen molar-refractivity contribution in [3.63, 3.8) is 0 Å². The van der Waals surface area contributed by atoms with Crippen molar-refractivity contribution in [2.75, 3.05) is 13.7 Å². The number of hydrogen-bond acceptors (Lipinski definition) is 4. The van der Waals surface area contributed by atoms with Crippen LogP contribution in [0.4, 0.5) is 0 Å². The van der Waals surface area contributed by atoms with Gasteiger partial charge in [-0.2, -0.15) is 0 Å². The molecule has 2 rings (SSSR count). The van der Waals surface area contributed by atoms with Crippen molar-refractivity contribution in [2.24, 2.45) is 0 Å². The third kappa shape index (κ3) is 5.08. The number of carbonyl (C=O) groups is 2. The molecule has 0 aliphatic carbocycles. The minimum absolute atomic E-state index is 0.0905. The molecule has 0 aliphatic heterocycles. The molecule has 0 aromatic heterocycles. The van der Waals surface area contributed by atoms with Gasteiger partial charge in [0.05, 0.1) is 18.7 Å². The number of amides is 1. The molecule has 1 unspecified atom stereocenters. The van der Waals surface area contributed by atoms with Crippen LogP contribution in [0.1, 0.15) is 40.0 Å². The molecule has 1 amide bonds. The number of methoxy groups -OCH3 is 1. The molecule has 2 aromatic rings. The van der Waals surface area contributed by atoms with Crippen molar-refractivity contribution < 1.29 is 19.1 Å². The predicted molar refractivity (Wildman–Crippen MR) is 95.8 cm³/mol. The Labute approximate surface area is 148 Å². The predicted octanol–water partition coefficient (Wildman–Crippen LogP) is 3.35. The number of carbonyl (C=O) groups excluding carboxylic acids is 2. The number of esters is 1. The van der Waals surface area contributed by atoms with Crippen LogP contribution in [0.3, 0.4) is 0 Å². The second kappa shape index (κ2) is 8.33. The van der Waals surface area contributed by atoms with Gasteiger partial charge in [-0.15, -0.1) is 0 Å². The van der Waals surface area contributed by atoms with Gasteiger partial charge in [0.1, 0.15) is 5.75 Å². The van der Waals surface area contributed by atoms with Crippen molar-refractivity contribution >= 4 is 11.9 Å². The maximum atomic E-state index is 12.1. The molecule has 0 heterocycles. The fraction of sp³-hybridized carbons (Fsp3) is 0.300. The molecule has 5 heteroatoms. The first-order valence-corrected chi connectivity index (χ1v) is 8.08. The Hall–Kier alpha value is -2.82. The van der Waals surface area contributed by atoms with Gasteiger partial charge in [-0.3, -0.25) is 4.79 Å². The van der Waals surface area contributed by atoms with Crippen LogP contribution in [0, 0.1) is 13.8 Å². The number of benzene rings is 2. The standard InChI is InChI=1S/C20H23NO4/c1-13-5-6-17(11-14(13)2)15(3)21-19(22)12-25-18-9-7-16(8-10-18)20(23)24-4/h5-11,15H,12H2,1-4H3,(H,21,22). The van der Waals surface area contributed by atoms with Gasteiger partial charge in [0.15, 0.2) is 6.61 Å². The van der Waals surface area contributed by atoms with E-state index in [1.165, 1.54) is 18.2 Å². The molecular formula is C20H23NO4. The topological polar surface area (TPSA) is 64.6 Å². The lowest BCUT2D eigenvalue weighted by molar-refractivity contribution is -0.123. The highest BCUT2D eigenvalue weighted by Crippen LogP contribution is 2.17. The van der Waals surface area contributed by atoms with Crippen LogP contribution in [0.5, 0.6) is 5.75 Å². The van der Waals surface area contributed by atoms with Gasteiger partial charge in [-0.1, -0.05) is 18.2 Å². The van der Waals surface area contributed by atoms with Crippen LogP contribution in [-0.2, 0) is 9.53 Å². The summed E-state index contributed by atoms with van der Waals surface area (Å²) in [6, 6.07) is 12.5. The maximum absolute atomic E-state index is 12.1. The van der Waals surface area contributed by atoms with Crippen LogP contribution < -0.4 is 10.1 Å². The van der Waals surface area contributed by atoms with E-state index in [2.05, 4.69) is 30.0 Å². The van der Waals surface area contributed by atoms with Crippen molar-refractivity contribution in [1.29, 1.82) is 0 Å². The summed E-state index contributed by atoms with van der Waals surface area (Å²) in [4.78, 5) is 23.4. The van der Waals surface area contributed by atoms with Crippen LogP contribution >= 0.6 is 0 Å². The van der Waals surface area contributed by atoms with E-state index in [1.807, 2.05) is 19.1 Å². The molecule has 0 fully saturated rings. The summed E-state index contributed by atoms with van der Waals surface area (Å²) in [7, 11) is 1.33. The van der Waals surface area contributed by atoms with Gasteiger partial charge in [-0.05, 0) is 61.7 Å². The molecule has 0 aliphatic rings. The molecule has 1 atom stereocenters. The van der Waals surface area contributed by atoms with E-state index in [0.29, 0.717) is 11.3 Å². The zero-order valence-corrected chi connectivity index (χ0v) is 15.0. The average molecular weight is 341 g/mol. The maximum Gasteiger partial charge on any atom is 0.337 e. The first-order chi connectivity index (χ1) is 11.9. The summed E-state index contributed by atoms with van der Waals surface area (Å²) < 4.78 is 10.1. The summed E-state index contributed by atoms with van der Waals surface area (Å²) >= 11 is 0. The van der Waals surface area contributed by atoms with Crippen LogP contribution in [0.2, 0.25) is 0 Å². The van der Waals surface area contributed by atoms with Gasteiger partial charge in [0, 0.05) is 0 Å². The number of ether oxygens (including phenoxy) is 2. The molecule has 1 N–H and O–H groups in total. The largest absolute Gasteiger partial charge is 0.484 e. The minimum atomic E-state index is -0.411. The highest BCUT2D eigenvalue weighted by atomic mass is 16.5. The Morgan fingerprint density at radius 1 is 1.04 bits per heavy atom. The molecule has 0 radical (unpaired) electrons. The summed E-state index contributed by atoms with van der Waals surface area (Å²) in [5.74, 6) is -0.101. The average Bonchev–Trinajstić information content (AvgIpc) is 2.62. The molecule has 0 bridgehead atoms. The highest BCUT2D eigenvalue weighted by molar-refractivity contribution is 5.89. The van der Waals surface area contributed by atoms with E-state index in [9.17, 15) is 9.59 Å². The third-order valence-electron chi connectivity index (χ3n) is 4.05. The van der Waals surface area contributed by atoms with Gasteiger partial charge < -0.3 is 14.8 Å². The van der Waals surface area contributed by atoms with E-state index in [4.69, 9.17) is 4.74 Å². The normalized spacial score (nSPS) is 11.5. The van der Waals surface area contributed by atoms with Crippen molar-refractivity contribution in [3.05, 3.63) is 64.7 Å². The van der Waals surface area contributed by atoms with Crippen LogP contribution in [0.25, 0.3) is 0 Å².